The van der Waals surface area contributed by atoms with Crippen LogP contribution in [0.3, 0.4) is 0 Å². The Kier molecular flexibility index (Phi) is 7.50. The molecule has 3 aromatic rings. The Balaban J connectivity index is 1.41. The highest BCUT2D eigenvalue weighted by atomic mass is 16.5. The minimum absolute atomic E-state index is 0.0391. The second-order valence-corrected chi connectivity index (χ2v) is 8.10. The highest BCUT2D eigenvalue weighted by molar-refractivity contribution is 5.99. The highest BCUT2D eigenvalue weighted by Crippen LogP contribution is 2.34. The molecule has 176 valence electrons. The molecule has 0 spiro atoms. The number of hydrogen-bond acceptors (Lipinski definition) is 5. The summed E-state index contributed by atoms with van der Waals surface area (Å²) in [5.41, 5.74) is 2.96. The lowest BCUT2D eigenvalue weighted by atomic mass is 10.1. The second kappa shape index (κ2) is 10.9. The molecule has 0 aromatic heterocycles. The smallest absolute Gasteiger partial charge is 0.268 e. The number of aliphatic hydroxyl groups excluding tert-OH is 1. The number of methoxy groups -OCH3 is 1. The average Bonchev–Trinajstić information content (AvgIpc) is 3.25. The van der Waals surface area contributed by atoms with Gasteiger partial charge in [0.2, 0.25) is 0 Å². The molecule has 0 bridgehead atoms. The summed E-state index contributed by atoms with van der Waals surface area (Å²) in [7, 11) is 1.56. The van der Waals surface area contributed by atoms with Crippen molar-refractivity contribution in [2.75, 3.05) is 31.8 Å². The molecule has 1 N–H and O–H groups in total. The fourth-order valence-electron chi connectivity index (χ4n) is 3.88. The van der Waals surface area contributed by atoms with E-state index in [9.17, 15) is 9.90 Å². The van der Waals surface area contributed by atoms with Gasteiger partial charge >= 0.3 is 0 Å². The normalized spacial score (nSPS) is 16.2. The van der Waals surface area contributed by atoms with Gasteiger partial charge < -0.3 is 24.2 Å². The third kappa shape index (κ3) is 5.24. The van der Waals surface area contributed by atoms with Crippen LogP contribution in [0, 0.1) is 5.92 Å². The molecule has 6 heteroatoms. The van der Waals surface area contributed by atoms with Gasteiger partial charge in [-0.3, -0.25) is 4.79 Å². The predicted octanol–water partition coefficient (Wildman–Crippen LogP) is 4.72. The zero-order valence-corrected chi connectivity index (χ0v) is 19.2. The van der Waals surface area contributed by atoms with E-state index in [-0.39, 0.29) is 25.0 Å². The molecule has 0 saturated carbocycles. The summed E-state index contributed by atoms with van der Waals surface area (Å²) in [5, 5.41) is 9.31. The topological polar surface area (TPSA) is 68.2 Å². The molecule has 0 radical (unpaired) electrons. The number of amides is 1. The molecule has 1 saturated heterocycles. The molecule has 1 aliphatic heterocycles. The summed E-state index contributed by atoms with van der Waals surface area (Å²) in [4.78, 5) is 14.8. The van der Waals surface area contributed by atoms with Crippen LogP contribution in [0.25, 0.3) is 11.1 Å². The molecule has 2 atom stereocenters. The van der Waals surface area contributed by atoms with E-state index >= 15 is 0 Å². The molecule has 3 aromatic carbocycles. The number of hydrogen-bond donors (Lipinski definition) is 1. The van der Waals surface area contributed by atoms with Gasteiger partial charge in [0.05, 0.1) is 20.3 Å². The fraction of sp³-hybridized carbons (Fsp3) is 0.250. The SMILES string of the molecule is C=CC(CO)COc1ccc(N2CCC(Oc3ccc(-c4ccccc4)cc3)C2=O)cc1OC. The standard InChI is InChI=1S/C28H29NO5/c1-3-20(18-30)19-33-25-14-11-23(17-27(25)32-2)29-16-15-26(28(29)31)34-24-12-9-22(10-13-24)21-7-5-4-6-8-21/h3-14,17,20,26,30H,1,15-16,18-19H2,2H3. The van der Waals surface area contributed by atoms with E-state index in [1.54, 1.807) is 30.2 Å². The summed E-state index contributed by atoms with van der Waals surface area (Å²) in [6.07, 6.45) is 1.71. The van der Waals surface area contributed by atoms with Crippen molar-refractivity contribution in [3.05, 3.63) is 85.5 Å². The van der Waals surface area contributed by atoms with Crippen molar-refractivity contribution in [3.63, 3.8) is 0 Å². The maximum Gasteiger partial charge on any atom is 0.268 e. The van der Waals surface area contributed by atoms with E-state index in [0.717, 1.165) is 16.8 Å². The van der Waals surface area contributed by atoms with Crippen LogP contribution in [0.5, 0.6) is 17.2 Å². The van der Waals surface area contributed by atoms with Crippen molar-refractivity contribution in [1.82, 2.24) is 0 Å². The first-order valence-corrected chi connectivity index (χ1v) is 11.3. The summed E-state index contributed by atoms with van der Waals surface area (Å²) >= 11 is 0. The molecule has 1 heterocycles. The van der Waals surface area contributed by atoms with Gasteiger partial charge in [-0.2, -0.15) is 0 Å². The lowest BCUT2D eigenvalue weighted by molar-refractivity contribution is -0.122. The van der Waals surface area contributed by atoms with Gasteiger partial charge in [0.25, 0.3) is 5.91 Å². The van der Waals surface area contributed by atoms with Crippen LogP contribution in [0.1, 0.15) is 6.42 Å². The third-order valence-corrected chi connectivity index (χ3v) is 5.88. The van der Waals surface area contributed by atoms with Crippen LogP contribution in [0.4, 0.5) is 5.69 Å². The van der Waals surface area contributed by atoms with Crippen LogP contribution >= 0.6 is 0 Å². The van der Waals surface area contributed by atoms with Crippen molar-refractivity contribution >= 4 is 11.6 Å². The van der Waals surface area contributed by atoms with Crippen LogP contribution < -0.4 is 19.1 Å². The van der Waals surface area contributed by atoms with E-state index in [0.29, 0.717) is 30.2 Å². The third-order valence-electron chi connectivity index (χ3n) is 5.88. The van der Waals surface area contributed by atoms with Gasteiger partial charge in [0.15, 0.2) is 17.6 Å². The number of anilines is 1. The van der Waals surface area contributed by atoms with Crippen LogP contribution in [-0.2, 0) is 4.79 Å². The predicted molar refractivity (Wildman–Crippen MR) is 133 cm³/mol. The van der Waals surface area contributed by atoms with E-state index in [2.05, 4.69) is 18.7 Å². The molecule has 1 amide bonds. The van der Waals surface area contributed by atoms with Gasteiger partial charge in [-0.1, -0.05) is 48.5 Å². The molecule has 1 aliphatic rings. The quantitative estimate of drug-likeness (QED) is 0.445. The lowest BCUT2D eigenvalue weighted by Gasteiger charge is -2.20. The van der Waals surface area contributed by atoms with Gasteiger partial charge in [-0.25, -0.2) is 0 Å². The van der Waals surface area contributed by atoms with Crippen molar-refractivity contribution < 1.29 is 24.1 Å². The largest absolute Gasteiger partial charge is 0.493 e. The monoisotopic (exact) mass is 459 g/mol. The molecule has 4 rings (SSSR count). The Morgan fingerprint density at radius 2 is 1.79 bits per heavy atom. The summed E-state index contributed by atoms with van der Waals surface area (Å²) in [5.74, 6) is 1.48. The maximum atomic E-state index is 13.1. The van der Waals surface area contributed by atoms with E-state index < -0.39 is 6.10 Å². The molecular weight excluding hydrogens is 430 g/mol. The molecule has 2 unspecified atom stereocenters. The number of carbonyl (C=O) groups is 1. The molecule has 34 heavy (non-hydrogen) atoms. The van der Waals surface area contributed by atoms with Gasteiger partial charge in [-0.05, 0) is 35.4 Å². The van der Waals surface area contributed by atoms with Crippen LogP contribution in [0.15, 0.2) is 85.5 Å². The van der Waals surface area contributed by atoms with Gasteiger partial charge in [0.1, 0.15) is 5.75 Å². The van der Waals surface area contributed by atoms with E-state index in [4.69, 9.17) is 14.2 Å². The highest BCUT2D eigenvalue weighted by Gasteiger charge is 2.34. The molecular formula is C28H29NO5. The fourth-order valence-corrected chi connectivity index (χ4v) is 3.88. The first kappa shape index (κ1) is 23.4. The van der Waals surface area contributed by atoms with Crippen molar-refractivity contribution in [3.8, 4) is 28.4 Å². The van der Waals surface area contributed by atoms with Crippen molar-refractivity contribution in [2.24, 2.45) is 5.92 Å². The summed E-state index contributed by atoms with van der Waals surface area (Å²) in [6, 6.07) is 23.3. The summed E-state index contributed by atoms with van der Waals surface area (Å²) in [6.45, 7) is 4.49. The van der Waals surface area contributed by atoms with Crippen molar-refractivity contribution in [2.45, 2.75) is 12.5 Å². The number of rotatable bonds is 10. The van der Waals surface area contributed by atoms with Gasteiger partial charge in [-0.15, -0.1) is 6.58 Å². The first-order chi connectivity index (χ1) is 16.6. The molecule has 0 aliphatic carbocycles. The minimum Gasteiger partial charge on any atom is -0.493 e. The number of ether oxygens (including phenoxy) is 3. The average molecular weight is 460 g/mol. The summed E-state index contributed by atoms with van der Waals surface area (Å²) < 4.78 is 17.3. The van der Waals surface area contributed by atoms with Crippen LogP contribution in [-0.4, -0.2) is 44.0 Å². The molecule has 6 nitrogen and oxygen atoms in total. The molecule has 1 fully saturated rings. The lowest BCUT2D eigenvalue weighted by Crippen LogP contribution is -2.32. The Bertz CT molecular complexity index is 1110. The Morgan fingerprint density at radius 1 is 1.06 bits per heavy atom. The number of aliphatic hydroxyl groups is 1. The zero-order chi connectivity index (χ0) is 23.9. The number of benzene rings is 3. The van der Waals surface area contributed by atoms with Gasteiger partial charge in [0, 0.05) is 30.6 Å². The number of carbonyl (C=O) groups excluding carboxylic acids is 1. The first-order valence-electron chi connectivity index (χ1n) is 11.3. The Hall–Kier alpha value is -3.77. The second-order valence-electron chi connectivity index (χ2n) is 8.10. The van der Waals surface area contributed by atoms with E-state index in [1.165, 1.54) is 0 Å². The Labute approximate surface area is 200 Å². The maximum absolute atomic E-state index is 13.1. The van der Waals surface area contributed by atoms with E-state index in [1.807, 2.05) is 48.5 Å². The van der Waals surface area contributed by atoms with Crippen LogP contribution in [0.2, 0.25) is 0 Å². The Morgan fingerprint density at radius 3 is 2.47 bits per heavy atom. The van der Waals surface area contributed by atoms with Crippen molar-refractivity contribution in [1.29, 1.82) is 0 Å². The number of nitrogens with zero attached hydrogens (tertiary/aromatic N) is 1. The zero-order valence-electron chi connectivity index (χ0n) is 19.2. The minimum atomic E-state index is -0.539.